The highest BCUT2D eigenvalue weighted by molar-refractivity contribution is 9.10. The van der Waals surface area contributed by atoms with Gasteiger partial charge in [-0.25, -0.2) is 0 Å². The Bertz CT molecular complexity index is 1480. The summed E-state index contributed by atoms with van der Waals surface area (Å²) in [5.74, 6) is -1.93. The van der Waals surface area contributed by atoms with E-state index in [2.05, 4.69) is 31.7 Å². The lowest BCUT2D eigenvalue weighted by Gasteiger charge is -2.41. The molecule has 1 aliphatic heterocycles. The van der Waals surface area contributed by atoms with Crippen molar-refractivity contribution in [3.05, 3.63) is 33.8 Å². The maximum Gasteiger partial charge on any atom is 0.245 e. The number of carbonyl (C=O) groups is 4. The molecule has 1 unspecified atom stereocenters. The van der Waals surface area contributed by atoms with Crippen molar-refractivity contribution in [1.29, 1.82) is 0 Å². The van der Waals surface area contributed by atoms with Gasteiger partial charge in [-0.15, -0.1) is 0 Å². The molecular formula is C41H69BrN6O8. The van der Waals surface area contributed by atoms with Crippen LogP contribution in [0, 0.1) is 30.6 Å². The molecule has 1 aromatic rings. The Hall–Kier alpha value is -3.11. The number of likely N-dealkylation sites (N-methyl/N-ethyl adjacent to an activating group) is 2. The summed E-state index contributed by atoms with van der Waals surface area (Å²) >= 11 is 3.45. The van der Waals surface area contributed by atoms with Crippen LogP contribution in [0.5, 0.6) is 0 Å². The number of rotatable bonds is 21. The third-order valence-corrected chi connectivity index (χ3v) is 11.8. The van der Waals surface area contributed by atoms with Crippen LogP contribution < -0.4 is 10.6 Å². The summed E-state index contributed by atoms with van der Waals surface area (Å²) in [7, 11) is 10.1. The number of likely N-dealkylation sites (tertiary alicyclic amines) is 1. The largest absolute Gasteiger partial charge is 0.411 e. The van der Waals surface area contributed by atoms with Crippen molar-refractivity contribution in [2.75, 3.05) is 55.6 Å². The van der Waals surface area contributed by atoms with Gasteiger partial charge in [0.25, 0.3) is 0 Å². The van der Waals surface area contributed by atoms with Crippen LogP contribution in [0.4, 0.5) is 0 Å². The summed E-state index contributed by atoms with van der Waals surface area (Å²) < 4.78 is 18.5. The van der Waals surface area contributed by atoms with Crippen molar-refractivity contribution < 1.29 is 38.6 Å². The van der Waals surface area contributed by atoms with Crippen molar-refractivity contribution >= 4 is 45.3 Å². The number of ether oxygens (including phenoxy) is 3. The number of amides is 4. The Morgan fingerprint density at radius 1 is 1.00 bits per heavy atom. The van der Waals surface area contributed by atoms with Crippen LogP contribution in [0.25, 0.3) is 0 Å². The highest BCUT2D eigenvalue weighted by Crippen LogP contribution is 2.31. The molecule has 2 rings (SSSR count). The number of hydrogen-bond acceptors (Lipinski definition) is 10. The van der Waals surface area contributed by atoms with E-state index in [1.54, 1.807) is 38.0 Å². The van der Waals surface area contributed by atoms with Crippen molar-refractivity contribution in [2.45, 2.75) is 117 Å². The Balaban J connectivity index is 2.34. The summed E-state index contributed by atoms with van der Waals surface area (Å²) in [6.45, 7) is 15.7. The van der Waals surface area contributed by atoms with Crippen LogP contribution in [0.1, 0.15) is 78.9 Å². The summed E-state index contributed by atoms with van der Waals surface area (Å²) in [5, 5.41) is 19.2. The lowest BCUT2D eigenvalue weighted by molar-refractivity contribution is -0.148. The number of halogens is 1. The maximum atomic E-state index is 14.4. The van der Waals surface area contributed by atoms with Gasteiger partial charge in [0.1, 0.15) is 11.8 Å². The molecule has 0 spiro atoms. The zero-order valence-corrected chi connectivity index (χ0v) is 37.7. The molecule has 9 atom stereocenters. The fourth-order valence-corrected chi connectivity index (χ4v) is 8.34. The first-order valence-corrected chi connectivity index (χ1v) is 20.4. The van der Waals surface area contributed by atoms with Gasteiger partial charge in [0, 0.05) is 45.0 Å². The second-order valence-corrected chi connectivity index (χ2v) is 17.0. The molecule has 1 aromatic carbocycles. The summed E-state index contributed by atoms with van der Waals surface area (Å²) in [5.41, 5.74) is 1.88. The Labute approximate surface area is 343 Å². The van der Waals surface area contributed by atoms with E-state index in [1.807, 2.05) is 85.7 Å². The van der Waals surface area contributed by atoms with E-state index in [-0.39, 0.29) is 60.5 Å². The normalized spacial score (nSPS) is 20.0. The highest BCUT2D eigenvalue weighted by Gasteiger charge is 2.45. The summed E-state index contributed by atoms with van der Waals surface area (Å²) in [6.07, 6.45) is -0.530. The monoisotopic (exact) mass is 852 g/mol. The molecular weight excluding hydrogens is 784 g/mol. The number of carbonyl (C=O) groups excluding carboxylic acids is 4. The van der Waals surface area contributed by atoms with Crippen molar-refractivity contribution in [2.24, 2.45) is 28.8 Å². The lowest BCUT2D eigenvalue weighted by Crippen LogP contribution is -2.59. The molecule has 1 aliphatic rings. The first-order chi connectivity index (χ1) is 26.3. The van der Waals surface area contributed by atoms with Gasteiger partial charge in [0.2, 0.25) is 23.6 Å². The van der Waals surface area contributed by atoms with Gasteiger partial charge in [-0.1, -0.05) is 82.0 Å². The molecule has 15 heteroatoms. The molecule has 56 heavy (non-hydrogen) atoms. The standard InChI is InChI=1S/C41H69BrN6O8/c1-15-25(6)37(47(11)41(52)35(23(2)3)44-40(51)36(24(4)5)46(9)10)33(55-13)20-34(49)48-22-29(54-12)19-32(48)38(56-14)27(8)39(50)43-21-31(45-53)30-18-28(42)17-16-26(30)7/h16-18,23-25,27,29,32-33,35-38,53H,15,19-22H2,1-14H3,(H,43,50)(H,44,51)/t25-,27+,29+,32+,33+,35?,36-,37-,38+/m0/s1. The third-order valence-electron chi connectivity index (χ3n) is 11.3. The minimum Gasteiger partial charge on any atom is -0.411 e. The van der Waals surface area contributed by atoms with Crippen molar-refractivity contribution in [3.8, 4) is 0 Å². The van der Waals surface area contributed by atoms with E-state index < -0.39 is 42.3 Å². The zero-order valence-electron chi connectivity index (χ0n) is 36.1. The number of benzene rings is 1. The SMILES string of the molecule is CC[C@H](C)[C@@H]([C@@H](CC(=O)N1C[C@H](OC)C[C@@H]1[C@H](OC)[C@@H](C)C(=O)NCC(=NO)c1cc(Br)ccc1C)OC)N(C)C(=O)C(NC(=O)[C@H](C(C)C)N(C)C)C(C)C. The number of aryl methyl sites for hydroxylation is 1. The molecule has 1 saturated heterocycles. The van der Waals surface area contributed by atoms with Crippen LogP contribution in [0.15, 0.2) is 27.8 Å². The Morgan fingerprint density at radius 2 is 1.64 bits per heavy atom. The fourth-order valence-electron chi connectivity index (χ4n) is 7.98. The van der Waals surface area contributed by atoms with Gasteiger partial charge < -0.3 is 39.9 Å². The maximum absolute atomic E-state index is 14.4. The second kappa shape index (κ2) is 22.7. The molecule has 1 heterocycles. The topological polar surface area (TPSA) is 162 Å². The van der Waals surface area contributed by atoms with Crippen LogP contribution in [-0.4, -0.2) is 147 Å². The quantitative estimate of drug-likeness (QED) is 0.0930. The van der Waals surface area contributed by atoms with E-state index in [9.17, 15) is 24.4 Å². The first kappa shape index (κ1) is 49.0. The molecule has 0 radical (unpaired) electrons. The molecule has 3 N–H and O–H groups in total. The predicted molar refractivity (Wildman–Crippen MR) is 222 cm³/mol. The summed E-state index contributed by atoms with van der Waals surface area (Å²) in [4.78, 5) is 61.0. The number of nitrogens with zero attached hydrogens (tertiary/aromatic N) is 4. The number of oxime groups is 1. The van der Waals surface area contributed by atoms with Gasteiger partial charge in [-0.2, -0.15) is 0 Å². The minimum atomic E-state index is -0.785. The fraction of sp³-hybridized carbons (Fsp3) is 0.732. The van der Waals surface area contributed by atoms with E-state index >= 15 is 0 Å². The Morgan fingerprint density at radius 3 is 2.14 bits per heavy atom. The van der Waals surface area contributed by atoms with E-state index in [1.165, 1.54) is 7.11 Å². The third kappa shape index (κ3) is 12.4. The van der Waals surface area contributed by atoms with E-state index in [0.29, 0.717) is 30.7 Å². The zero-order chi connectivity index (χ0) is 42.6. The van der Waals surface area contributed by atoms with Crippen molar-refractivity contribution in [3.63, 3.8) is 0 Å². The number of nitrogens with one attached hydrogen (secondary N) is 2. The average Bonchev–Trinajstić information content (AvgIpc) is 3.58. The van der Waals surface area contributed by atoms with Crippen LogP contribution in [0.2, 0.25) is 0 Å². The van der Waals surface area contributed by atoms with Crippen LogP contribution in [0.3, 0.4) is 0 Å². The molecule has 4 amide bonds. The van der Waals surface area contributed by atoms with E-state index in [0.717, 1.165) is 10.0 Å². The van der Waals surface area contributed by atoms with E-state index in [4.69, 9.17) is 14.2 Å². The van der Waals surface area contributed by atoms with Gasteiger partial charge in [-0.3, -0.25) is 24.1 Å². The molecule has 0 aliphatic carbocycles. The minimum absolute atomic E-state index is 0.0184. The molecule has 0 aromatic heterocycles. The number of methoxy groups -OCH3 is 3. The van der Waals surface area contributed by atoms with Gasteiger partial charge in [0.05, 0.1) is 55.3 Å². The molecule has 0 bridgehead atoms. The predicted octanol–water partition coefficient (Wildman–Crippen LogP) is 4.32. The first-order valence-electron chi connectivity index (χ1n) is 19.7. The summed E-state index contributed by atoms with van der Waals surface area (Å²) in [6, 6.07) is 3.41. The van der Waals surface area contributed by atoms with Crippen molar-refractivity contribution in [1.82, 2.24) is 25.3 Å². The van der Waals surface area contributed by atoms with Gasteiger partial charge in [-0.05, 0) is 62.9 Å². The van der Waals surface area contributed by atoms with Gasteiger partial charge in [0.15, 0.2) is 0 Å². The smallest absolute Gasteiger partial charge is 0.245 e. The van der Waals surface area contributed by atoms with Crippen LogP contribution >= 0.6 is 15.9 Å². The molecule has 14 nitrogen and oxygen atoms in total. The number of hydrogen-bond donors (Lipinski definition) is 3. The lowest BCUT2D eigenvalue weighted by atomic mass is 9.89. The molecule has 1 fully saturated rings. The van der Waals surface area contributed by atoms with Gasteiger partial charge >= 0.3 is 0 Å². The molecule has 0 saturated carbocycles. The highest BCUT2D eigenvalue weighted by atomic mass is 79.9. The molecule has 318 valence electrons. The Kier molecular flexibility index (Phi) is 19.9. The average molecular weight is 854 g/mol. The van der Waals surface area contributed by atoms with Crippen LogP contribution in [-0.2, 0) is 33.4 Å². The second-order valence-electron chi connectivity index (χ2n) is 16.1.